The van der Waals surface area contributed by atoms with Gasteiger partial charge in [-0.05, 0) is 24.1 Å². The lowest BCUT2D eigenvalue weighted by Gasteiger charge is -2.08. The molecule has 17 heavy (non-hydrogen) atoms. The summed E-state index contributed by atoms with van der Waals surface area (Å²) in [5, 5.41) is 8.23. The zero-order valence-electron chi connectivity index (χ0n) is 9.88. The van der Waals surface area contributed by atoms with Gasteiger partial charge in [-0.1, -0.05) is 19.1 Å². The lowest BCUT2D eigenvalue weighted by Crippen LogP contribution is -2.04. The zero-order chi connectivity index (χ0) is 12.3. The Labute approximate surface area is 106 Å². The fourth-order valence-electron chi connectivity index (χ4n) is 1.44. The molecule has 4 nitrogen and oxygen atoms in total. The summed E-state index contributed by atoms with van der Waals surface area (Å²) in [5.74, 6) is 1.56. The van der Waals surface area contributed by atoms with Gasteiger partial charge < -0.3 is 21.9 Å². The van der Waals surface area contributed by atoms with Crippen molar-refractivity contribution in [2.24, 2.45) is 7.05 Å². The van der Waals surface area contributed by atoms with Crippen molar-refractivity contribution in [1.29, 1.82) is 0 Å². The molecule has 0 N–H and O–H groups in total. The predicted molar refractivity (Wildman–Crippen MR) is 66.8 cm³/mol. The minimum absolute atomic E-state index is 0.381. The third-order valence-corrected chi connectivity index (χ3v) is 2.98. The molecule has 0 saturated heterocycles. The molecule has 0 amide bonds. The van der Waals surface area contributed by atoms with Crippen LogP contribution in [0.15, 0.2) is 29.4 Å². The van der Waals surface area contributed by atoms with Gasteiger partial charge in [0.1, 0.15) is 12.4 Å². The van der Waals surface area contributed by atoms with Crippen LogP contribution in [0.4, 0.5) is 0 Å². The van der Waals surface area contributed by atoms with E-state index in [4.69, 9.17) is 17.4 Å². The molecule has 2 rings (SSSR count). The van der Waals surface area contributed by atoms with Gasteiger partial charge in [-0.15, -0.1) is 5.10 Å². The van der Waals surface area contributed by atoms with E-state index in [0.717, 1.165) is 18.0 Å². The highest BCUT2D eigenvalue weighted by molar-refractivity contribution is 7.58. The Morgan fingerprint density at radius 3 is 2.47 bits per heavy atom. The maximum Gasteiger partial charge on any atom is 0.169 e. The third-order valence-electron chi connectivity index (χ3n) is 2.62. The normalized spacial score (nSPS) is 10.5. The minimum atomic E-state index is 0.381. The van der Waals surface area contributed by atoms with Gasteiger partial charge in [0.05, 0.1) is 0 Å². The molecule has 2 aromatic rings. The number of hydrogen-bond donors (Lipinski definition) is 0. The van der Waals surface area contributed by atoms with Crippen molar-refractivity contribution in [3.05, 3.63) is 35.7 Å². The molecule has 0 fully saturated rings. The molecule has 0 aliphatic carbocycles. The van der Waals surface area contributed by atoms with Gasteiger partial charge in [0.25, 0.3) is 0 Å². The number of aromatic nitrogens is 3. The van der Waals surface area contributed by atoms with E-state index in [2.05, 4.69) is 29.3 Å². The van der Waals surface area contributed by atoms with Crippen LogP contribution in [0.2, 0.25) is 0 Å². The third kappa shape index (κ3) is 2.74. The van der Waals surface area contributed by atoms with E-state index in [0.29, 0.717) is 11.8 Å². The topological polar surface area (TPSA) is 39.9 Å². The Kier molecular flexibility index (Phi) is 3.58. The van der Waals surface area contributed by atoms with Crippen molar-refractivity contribution in [3.8, 4) is 5.75 Å². The van der Waals surface area contributed by atoms with Gasteiger partial charge in [-0.3, -0.25) is 0 Å². The fourth-order valence-corrected chi connectivity index (χ4v) is 1.59. The van der Waals surface area contributed by atoms with Crippen LogP contribution >= 0.6 is 0 Å². The van der Waals surface area contributed by atoms with Crippen LogP contribution in [0.1, 0.15) is 18.3 Å². The molecule has 0 aliphatic heterocycles. The van der Waals surface area contributed by atoms with E-state index in [1.165, 1.54) is 5.56 Å². The molecule has 0 radical (unpaired) electrons. The number of hydrogen-bond acceptors (Lipinski definition) is 4. The van der Waals surface area contributed by atoms with Crippen LogP contribution in [-0.2, 0) is 32.7 Å². The Morgan fingerprint density at radius 2 is 1.94 bits per heavy atom. The molecule has 0 atom stereocenters. The summed E-state index contributed by atoms with van der Waals surface area (Å²) in [4.78, 5) is 0. The first-order chi connectivity index (χ1) is 8.20. The van der Waals surface area contributed by atoms with Gasteiger partial charge >= 0.3 is 0 Å². The highest BCUT2D eigenvalue weighted by Gasteiger charge is 2.02. The summed E-state index contributed by atoms with van der Waals surface area (Å²) in [7, 11) is 1.83. The number of ether oxygens (including phenoxy) is 1. The summed E-state index contributed by atoms with van der Waals surface area (Å²) in [6.45, 7) is 2.51. The number of aryl methyl sites for hydroxylation is 1. The molecule has 0 saturated carbocycles. The summed E-state index contributed by atoms with van der Waals surface area (Å²) in [6, 6.07) is 8.04. The SMILES string of the molecule is CCc1ccc(OCc2nnc([S-])n2C)cc1. The summed E-state index contributed by atoms with van der Waals surface area (Å²) >= 11 is 4.97. The second-order valence-electron chi connectivity index (χ2n) is 3.74. The second-order valence-corrected chi connectivity index (χ2v) is 4.11. The molecule has 5 heteroatoms. The maximum absolute atomic E-state index is 5.62. The Morgan fingerprint density at radius 1 is 1.24 bits per heavy atom. The van der Waals surface area contributed by atoms with Crippen LogP contribution < -0.4 is 4.74 Å². The van der Waals surface area contributed by atoms with Gasteiger partial charge in [0.2, 0.25) is 0 Å². The largest absolute Gasteiger partial charge is 0.740 e. The van der Waals surface area contributed by atoms with E-state index >= 15 is 0 Å². The Balaban J connectivity index is 2.00. The standard InChI is InChI=1S/C12H15N3OS/c1-3-9-4-6-10(7-5-9)16-8-11-13-14-12(17)15(11)2/h4-7H,3,8H2,1-2H3,(H,14,17)/p-1. The van der Waals surface area contributed by atoms with Gasteiger partial charge in [-0.25, -0.2) is 0 Å². The maximum atomic E-state index is 5.62. The quantitative estimate of drug-likeness (QED) is 0.774. The van der Waals surface area contributed by atoms with E-state index in [1.807, 2.05) is 19.2 Å². The molecule has 1 aromatic heterocycles. The molecular weight excluding hydrogens is 234 g/mol. The molecule has 1 aromatic carbocycles. The summed E-state index contributed by atoms with van der Waals surface area (Å²) in [5.41, 5.74) is 1.30. The first-order valence-electron chi connectivity index (χ1n) is 5.47. The van der Waals surface area contributed by atoms with E-state index < -0.39 is 0 Å². The molecule has 90 valence electrons. The number of rotatable bonds is 4. The lowest BCUT2D eigenvalue weighted by atomic mass is 10.2. The van der Waals surface area contributed by atoms with E-state index in [9.17, 15) is 0 Å². The van der Waals surface area contributed by atoms with Crippen LogP contribution in [0.5, 0.6) is 5.75 Å². The molecule has 0 aliphatic rings. The molecular formula is C12H14N3OS-. The number of nitrogens with zero attached hydrogens (tertiary/aromatic N) is 3. The highest BCUT2D eigenvalue weighted by atomic mass is 32.1. The Bertz CT molecular complexity index is 493. The average Bonchev–Trinajstić information content (AvgIpc) is 2.68. The molecule has 0 spiro atoms. The van der Waals surface area contributed by atoms with Crippen LogP contribution in [0.3, 0.4) is 0 Å². The van der Waals surface area contributed by atoms with Crippen molar-refractivity contribution in [3.63, 3.8) is 0 Å². The first kappa shape index (κ1) is 11.9. The monoisotopic (exact) mass is 248 g/mol. The van der Waals surface area contributed by atoms with E-state index in [1.54, 1.807) is 4.57 Å². The minimum Gasteiger partial charge on any atom is -0.740 e. The van der Waals surface area contributed by atoms with Crippen molar-refractivity contribution in [2.45, 2.75) is 25.1 Å². The average molecular weight is 248 g/mol. The van der Waals surface area contributed by atoms with Crippen LogP contribution in [0, 0.1) is 0 Å². The predicted octanol–water partition coefficient (Wildman–Crippen LogP) is 1.86. The highest BCUT2D eigenvalue weighted by Crippen LogP contribution is 2.14. The van der Waals surface area contributed by atoms with Gasteiger partial charge in [-0.2, -0.15) is 5.10 Å². The molecule has 0 unspecified atom stereocenters. The van der Waals surface area contributed by atoms with Crippen molar-refractivity contribution in [2.75, 3.05) is 0 Å². The second kappa shape index (κ2) is 5.14. The van der Waals surface area contributed by atoms with Crippen molar-refractivity contribution >= 4 is 12.6 Å². The smallest absolute Gasteiger partial charge is 0.169 e. The van der Waals surface area contributed by atoms with Gasteiger partial charge in [0.15, 0.2) is 5.82 Å². The van der Waals surface area contributed by atoms with Gasteiger partial charge in [0, 0.05) is 12.2 Å². The van der Waals surface area contributed by atoms with Crippen molar-refractivity contribution < 1.29 is 4.74 Å². The summed E-state index contributed by atoms with van der Waals surface area (Å²) < 4.78 is 7.36. The van der Waals surface area contributed by atoms with Crippen LogP contribution in [0.25, 0.3) is 0 Å². The number of benzene rings is 1. The molecule has 0 bridgehead atoms. The Hall–Kier alpha value is -1.62. The van der Waals surface area contributed by atoms with Crippen molar-refractivity contribution in [1.82, 2.24) is 14.8 Å². The van der Waals surface area contributed by atoms with E-state index in [-0.39, 0.29) is 0 Å². The zero-order valence-corrected chi connectivity index (χ0v) is 10.7. The lowest BCUT2D eigenvalue weighted by molar-refractivity contribution is 0.290. The van der Waals surface area contributed by atoms with Crippen LogP contribution in [-0.4, -0.2) is 14.8 Å². The molecule has 1 heterocycles. The fraction of sp³-hybridized carbons (Fsp3) is 0.333. The summed E-state index contributed by atoms with van der Waals surface area (Å²) in [6.07, 6.45) is 1.03. The first-order valence-corrected chi connectivity index (χ1v) is 5.88.